The molecule has 0 amide bonds. The maximum absolute atomic E-state index is 10.5. The lowest BCUT2D eigenvalue weighted by Gasteiger charge is -2.26. The molecule has 0 spiro atoms. The lowest BCUT2D eigenvalue weighted by atomic mass is 9.93. The Morgan fingerprint density at radius 3 is 2.47 bits per heavy atom. The molecular formula is C13H16O2. The number of hydrogen-bond donors (Lipinski definition) is 0. The summed E-state index contributed by atoms with van der Waals surface area (Å²) in [6.07, 6.45) is 5.19. The number of hydrogen-bond acceptors (Lipinski definition) is 2. The molecule has 0 aromatic heterocycles. The van der Waals surface area contributed by atoms with Gasteiger partial charge in [0.05, 0.1) is 0 Å². The van der Waals surface area contributed by atoms with Crippen molar-refractivity contribution in [2.45, 2.75) is 37.7 Å². The molecule has 2 rings (SSSR count). The second kappa shape index (κ2) is 4.47. The average Bonchev–Trinajstić information content (AvgIpc) is 2.69. The van der Waals surface area contributed by atoms with Gasteiger partial charge in [-0.15, -0.1) is 0 Å². The van der Waals surface area contributed by atoms with Crippen LogP contribution in [0.15, 0.2) is 30.3 Å². The number of ether oxygens (including phenoxy) is 1. The van der Waals surface area contributed by atoms with Crippen molar-refractivity contribution in [3.63, 3.8) is 0 Å². The van der Waals surface area contributed by atoms with E-state index in [9.17, 15) is 4.79 Å². The molecule has 1 aliphatic carbocycles. The van der Waals surface area contributed by atoms with Crippen molar-refractivity contribution >= 4 is 6.47 Å². The molecule has 80 valence electrons. The zero-order chi connectivity index (χ0) is 10.6. The minimum atomic E-state index is -0.219. The van der Waals surface area contributed by atoms with Gasteiger partial charge in [0.15, 0.2) is 0 Å². The molecule has 1 aromatic rings. The summed E-state index contributed by atoms with van der Waals surface area (Å²) in [5.41, 5.74) is 1.03. The summed E-state index contributed by atoms with van der Waals surface area (Å²) >= 11 is 0. The van der Waals surface area contributed by atoms with E-state index in [0.29, 0.717) is 6.47 Å². The van der Waals surface area contributed by atoms with Crippen molar-refractivity contribution in [1.82, 2.24) is 0 Å². The maximum atomic E-state index is 10.5. The third-order valence-electron chi connectivity index (χ3n) is 3.18. The van der Waals surface area contributed by atoms with Crippen molar-refractivity contribution in [3.8, 4) is 0 Å². The van der Waals surface area contributed by atoms with Gasteiger partial charge in [-0.2, -0.15) is 0 Å². The lowest BCUT2D eigenvalue weighted by molar-refractivity contribution is -0.142. The molecule has 1 saturated carbocycles. The highest BCUT2D eigenvalue weighted by molar-refractivity contribution is 5.39. The Morgan fingerprint density at radius 1 is 1.20 bits per heavy atom. The monoisotopic (exact) mass is 204 g/mol. The fraction of sp³-hybridized carbons (Fsp3) is 0.462. The van der Waals surface area contributed by atoms with Gasteiger partial charge in [-0.3, -0.25) is 4.79 Å². The first kappa shape index (κ1) is 10.2. The zero-order valence-corrected chi connectivity index (χ0v) is 8.82. The highest BCUT2D eigenvalue weighted by Crippen LogP contribution is 2.35. The first-order valence-electron chi connectivity index (χ1n) is 5.50. The topological polar surface area (TPSA) is 26.3 Å². The summed E-state index contributed by atoms with van der Waals surface area (Å²) < 4.78 is 5.31. The first-order chi connectivity index (χ1) is 7.35. The van der Waals surface area contributed by atoms with Gasteiger partial charge in [0.1, 0.15) is 5.60 Å². The lowest BCUT2D eigenvalue weighted by Crippen LogP contribution is -2.31. The molecule has 0 saturated heterocycles. The number of carbonyl (C=O) groups excluding carboxylic acids is 1. The molecule has 0 atom stereocenters. The summed E-state index contributed by atoms with van der Waals surface area (Å²) in [5, 5.41) is 0. The van der Waals surface area contributed by atoms with Crippen LogP contribution in [0, 0.1) is 0 Å². The number of benzene rings is 1. The molecular weight excluding hydrogens is 188 g/mol. The second-order valence-electron chi connectivity index (χ2n) is 4.27. The molecule has 2 heteroatoms. The molecule has 0 radical (unpaired) electrons. The van der Waals surface area contributed by atoms with Gasteiger partial charge in [-0.05, 0) is 31.2 Å². The minimum absolute atomic E-state index is 0.219. The average molecular weight is 204 g/mol. The van der Waals surface area contributed by atoms with E-state index in [1.807, 2.05) is 18.2 Å². The van der Waals surface area contributed by atoms with E-state index >= 15 is 0 Å². The van der Waals surface area contributed by atoms with Gasteiger partial charge in [0.25, 0.3) is 6.47 Å². The van der Waals surface area contributed by atoms with Crippen LogP contribution in [0.4, 0.5) is 0 Å². The van der Waals surface area contributed by atoms with Gasteiger partial charge >= 0.3 is 0 Å². The van der Waals surface area contributed by atoms with Crippen LogP contribution in [0.5, 0.6) is 0 Å². The fourth-order valence-corrected chi connectivity index (χ4v) is 2.43. The minimum Gasteiger partial charge on any atom is -0.461 e. The van der Waals surface area contributed by atoms with Crippen molar-refractivity contribution in [1.29, 1.82) is 0 Å². The van der Waals surface area contributed by atoms with Crippen LogP contribution in [-0.2, 0) is 16.0 Å². The summed E-state index contributed by atoms with van der Waals surface area (Å²) in [6.45, 7) is 0.605. The van der Waals surface area contributed by atoms with Gasteiger partial charge in [0.2, 0.25) is 0 Å². The Hall–Kier alpha value is -1.31. The fourth-order valence-electron chi connectivity index (χ4n) is 2.43. The Balaban J connectivity index is 2.10. The van der Waals surface area contributed by atoms with E-state index in [4.69, 9.17) is 4.74 Å². The Kier molecular flexibility index (Phi) is 3.05. The molecule has 0 heterocycles. The van der Waals surface area contributed by atoms with Crippen LogP contribution in [0.1, 0.15) is 31.2 Å². The first-order valence-corrected chi connectivity index (χ1v) is 5.50. The Labute approximate surface area is 90.3 Å². The van der Waals surface area contributed by atoms with Crippen LogP contribution in [-0.4, -0.2) is 12.1 Å². The van der Waals surface area contributed by atoms with E-state index in [1.165, 1.54) is 18.4 Å². The zero-order valence-electron chi connectivity index (χ0n) is 8.82. The molecule has 1 fully saturated rings. The van der Waals surface area contributed by atoms with Crippen LogP contribution < -0.4 is 0 Å². The normalized spacial score (nSPS) is 18.7. The smallest absolute Gasteiger partial charge is 0.293 e. The quantitative estimate of drug-likeness (QED) is 0.705. The second-order valence-corrected chi connectivity index (χ2v) is 4.27. The molecule has 2 nitrogen and oxygen atoms in total. The Bertz CT molecular complexity index is 313. The summed E-state index contributed by atoms with van der Waals surface area (Å²) in [5.74, 6) is 0. The summed E-state index contributed by atoms with van der Waals surface area (Å²) in [7, 11) is 0. The Morgan fingerprint density at radius 2 is 1.87 bits per heavy atom. The SMILES string of the molecule is O=COC1(Cc2ccccc2)CCCC1. The van der Waals surface area contributed by atoms with Crippen molar-refractivity contribution in [2.75, 3.05) is 0 Å². The molecule has 0 aliphatic heterocycles. The largest absolute Gasteiger partial charge is 0.461 e. The van der Waals surface area contributed by atoms with Crippen LogP contribution >= 0.6 is 0 Å². The van der Waals surface area contributed by atoms with E-state index in [2.05, 4.69) is 12.1 Å². The van der Waals surface area contributed by atoms with E-state index in [0.717, 1.165) is 19.3 Å². The standard InChI is InChI=1S/C13H16O2/c14-11-15-13(8-4-5-9-13)10-12-6-2-1-3-7-12/h1-3,6-7,11H,4-5,8-10H2. The summed E-state index contributed by atoms with van der Waals surface area (Å²) in [4.78, 5) is 10.5. The predicted molar refractivity (Wildman–Crippen MR) is 58.5 cm³/mol. The van der Waals surface area contributed by atoms with Crippen LogP contribution in [0.2, 0.25) is 0 Å². The molecule has 0 bridgehead atoms. The summed E-state index contributed by atoms with van der Waals surface area (Å²) in [6, 6.07) is 10.2. The van der Waals surface area contributed by atoms with E-state index in [-0.39, 0.29) is 5.60 Å². The third-order valence-corrected chi connectivity index (χ3v) is 3.18. The van der Waals surface area contributed by atoms with Crippen LogP contribution in [0.3, 0.4) is 0 Å². The van der Waals surface area contributed by atoms with E-state index in [1.54, 1.807) is 0 Å². The van der Waals surface area contributed by atoms with Gasteiger partial charge in [0, 0.05) is 6.42 Å². The van der Waals surface area contributed by atoms with Gasteiger partial charge in [-0.25, -0.2) is 0 Å². The molecule has 1 aliphatic rings. The highest BCUT2D eigenvalue weighted by atomic mass is 16.5. The molecule has 0 unspecified atom stereocenters. The maximum Gasteiger partial charge on any atom is 0.293 e. The predicted octanol–water partition coefficient (Wildman–Crippen LogP) is 2.71. The molecule has 0 N–H and O–H groups in total. The van der Waals surface area contributed by atoms with Gasteiger partial charge < -0.3 is 4.74 Å². The van der Waals surface area contributed by atoms with Crippen LogP contribution in [0.25, 0.3) is 0 Å². The number of carbonyl (C=O) groups is 1. The molecule has 1 aromatic carbocycles. The van der Waals surface area contributed by atoms with Crippen molar-refractivity contribution in [3.05, 3.63) is 35.9 Å². The van der Waals surface area contributed by atoms with Gasteiger partial charge in [-0.1, -0.05) is 30.3 Å². The highest BCUT2D eigenvalue weighted by Gasteiger charge is 2.35. The van der Waals surface area contributed by atoms with Crippen molar-refractivity contribution < 1.29 is 9.53 Å². The molecule has 15 heavy (non-hydrogen) atoms. The number of rotatable bonds is 4. The third kappa shape index (κ3) is 2.38. The van der Waals surface area contributed by atoms with E-state index < -0.39 is 0 Å². The van der Waals surface area contributed by atoms with Crippen molar-refractivity contribution in [2.24, 2.45) is 0 Å².